The summed E-state index contributed by atoms with van der Waals surface area (Å²) in [5.41, 5.74) is 1.59. The van der Waals surface area contributed by atoms with Gasteiger partial charge in [0.2, 0.25) is 0 Å². The van der Waals surface area contributed by atoms with Crippen molar-refractivity contribution in [1.29, 1.82) is 0 Å². The van der Waals surface area contributed by atoms with Gasteiger partial charge in [-0.2, -0.15) is 18.3 Å². The van der Waals surface area contributed by atoms with Gasteiger partial charge in [0.25, 0.3) is 0 Å². The topological polar surface area (TPSA) is 56.1 Å². The van der Waals surface area contributed by atoms with Gasteiger partial charge in [0.1, 0.15) is 11.9 Å². The standard InChI is InChI=1S/C21H22F3N3O2/c1-13(2)27-18-10-9-17(11-16(18)12-25-27)29-19(15-7-5-4-6-8-15)14(3)26-20(28)21(22,23)24/h4-14,19H,1-3H3,(H,26,28). The van der Waals surface area contributed by atoms with E-state index in [4.69, 9.17) is 4.74 Å². The van der Waals surface area contributed by atoms with E-state index in [2.05, 4.69) is 5.10 Å². The van der Waals surface area contributed by atoms with E-state index in [1.54, 1.807) is 48.7 Å². The Morgan fingerprint density at radius 3 is 2.41 bits per heavy atom. The molecule has 0 saturated heterocycles. The second-order valence-electron chi connectivity index (χ2n) is 7.11. The number of nitrogens with one attached hydrogen (secondary N) is 1. The van der Waals surface area contributed by atoms with Crippen LogP contribution in [0.15, 0.2) is 54.7 Å². The summed E-state index contributed by atoms with van der Waals surface area (Å²) in [6.07, 6.45) is -4.05. The van der Waals surface area contributed by atoms with Crippen molar-refractivity contribution >= 4 is 16.8 Å². The van der Waals surface area contributed by atoms with Crippen LogP contribution in [0.4, 0.5) is 13.2 Å². The Hall–Kier alpha value is -3.03. The lowest BCUT2D eigenvalue weighted by molar-refractivity contribution is -0.174. The lowest BCUT2D eigenvalue weighted by Gasteiger charge is -2.27. The number of halogens is 3. The number of hydrogen-bond donors (Lipinski definition) is 1. The third-order valence-corrected chi connectivity index (χ3v) is 4.52. The van der Waals surface area contributed by atoms with Crippen LogP contribution in [-0.2, 0) is 4.79 Å². The van der Waals surface area contributed by atoms with Crippen LogP contribution in [0.2, 0.25) is 0 Å². The van der Waals surface area contributed by atoms with Crippen LogP contribution in [0, 0.1) is 0 Å². The molecule has 0 aliphatic heterocycles. The van der Waals surface area contributed by atoms with Crippen LogP contribution < -0.4 is 10.1 Å². The highest BCUT2D eigenvalue weighted by molar-refractivity contribution is 5.82. The van der Waals surface area contributed by atoms with Gasteiger partial charge in [-0.3, -0.25) is 9.48 Å². The Balaban J connectivity index is 1.89. The Morgan fingerprint density at radius 2 is 1.79 bits per heavy atom. The smallest absolute Gasteiger partial charge is 0.471 e. The van der Waals surface area contributed by atoms with Crippen LogP contribution in [0.25, 0.3) is 10.9 Å². The van der Waals surface area contributed by atoms with Gasteiger partial charge < -0.3 is 10.1 Å². The van der Waals surface area contributed by atoms with E-state index in [1.807, 2.05) is 29.9 Å². The molecule has 154 valence electrons. The van der Waals surface area contributed by atoms with Crippen molar-refractivity contribution in [2.45, 2.75) is 45.1 Å². The lowest BCUT2D eigenvalue weighted by atomic mass is 10.0. The first-order valence-electron chi connectivity index (χ1n) is 9.23. The second kappa shape index (κ2) is 8.14. The molecule has 2 aromatic carbocycles. The molecule has 0 bridgehead atoms. The summed E-state index contributed by atoms with van der Waals surface area (Å²) >= 11 is 0. The number of ether oxygens (including phenoxy) is 1. The van der Waals surface area contributed by atoms with Crippen LogP contribution in [0.1, 0.15) is 38.5 Å². The molecule has 29 heavy (non-hydrogen) atoms. The fourth-order valence-electron chi connectivity index (χ4n) is 3.13. The molecule has 8 heteroatoms. The summed E-state index contributed by atoms with van der Waals surface area (Å²) in [6.45, 7) is 5.53. The molecule has 0 radical (unpaired) electrons. The Morgan fingerprint density at radius 1 is 1.10 bits per heavy atom. The average Bonchev–Trinajstić information content (AvgIpc) is 3.09. The maximum atomic E-state index is 12.7. The summed E-state index contributed by atoms with van der Waals surface area (Å²) in [6, 6.07) is 13.5. The largest absolute Gasteiger partial charge is 0.484 e. The third kappa shape index (κ3) is 4.70. The molecule has 3 rings (SSSR count). The van der Waals surface area contributed by atoms with Crippen LogP contribution >= 0.6 is 0 Å². The van der Waals surface area contributed by atoms with E-state index in [0.29, 0.717) is 11.3 Å². The molecule has 0 aliphatic carbocycles. The molecule has 1 aromatic heterocycles. The second-order valence-corrected chi connectivity index (χ2v) is 7.11. The number of alkyl halides is 3. The number of amides is 1. The van der Waals surface area contributed by atoms with Crippen molar-refractivity contribution in [2.24, 2.45) is 0 Å². The van der Waals surface area contributed by atoms with Gasteiger partial charge in [-0.05, 0) is 44.5 Å². The highest BCUT2D eigenvalue weighted by atomic mass is 19.4. The van der Waals surface area contributed by atoms with Gasteiger partial charge in [0, 0.05) is 11.4 Å². The number of hydrogen-bond acceptors (Lipinski definition) is 3. The molecule has 0 saturated carbocycles. The van der Waals surface area contributed by atoms with Gasteiger partial charge in [0.05, 0.1) is 17.8 Å². The maximum Gasteiger partial charge on any atom is 0.471 e. The molecular formula is C21H22F3N3O2. The molecule has 1 amide bonds. The number of fused-ring (bicyclic) bond motifs is 1. The van der Waals surface area contributed by atoms with E-state index in [0.717, 1.165) is 10.9 Å². The van der Waals surface area contributed by atoms with E-state index < -0.39 is 24.2 Å². The first-order chi connectivity index (χ1) is 13.7. The van der Waals surface area contributed by atoms with E-state index in [1.165, 1.54) is 6.92 Å². The fourth-order valence-corrected chi connectivity index (χ4v) is 3.13. The molecule has 0 spiro atoms. The fraction of sp³-hybridized carbons (Fsp3) is 0.333. The first kappa shape index (κ1) is 20.7. The number of rotatable bonds is 6. The van der Waals surface area contributed by atoms with Crippen molar-refractivity contribution < 1.29 is 22.7 Å². The number of aromatic nitrogens is 2. The molecule has 1 N–H and O–H groups in total. The monoisotopic (exact) mass is 405 g/mol. The molecule has 0 aliphatic rings. The zero-order valence-electron chi connectivity index (χ0n) is 16.3. The van der Waals surface area contributed by atoms with Crippen molar-refractivity contribution in [3.8, 4) is 5.75 Å². The third-order valence-electron chi connectivity index (χ3n) is 4.52. The minimum Gasteiger partial charge on any atom is -0.484 e. The van der Waals surface area contributed by atoms with Crippen molar-refractivity contribution in [2.75, 3.05) is 0 Å². The van der Waals surface area contributed by atoms with Gasteiger partial charge in [-0.25, -0.2) is 0 Å². The highest BCUT2D eigenvalue weighted by Crippen LogP contribution is 2.29. The number of carbonyl (C=O) groups excluding carboxylic acids is 1. The zero-order valence-corrected chi connectivity index (χ0v) is 16.3. The van der Waals surface area contributed by atoms with Gasteiger partial charge in [0.15, 0.2) is 0 Å². The summed E-state index contributed by atoms with van der Waals surface area (Å²) in [7, 11) is 0. The molecule has 2 atom stereocenters. The maximum absolute atomic E-state index is 12.7. The quantitative estimate of drug-likeness (QED) is 0.641. The van der Waals surface area contributed by atoms with Crippen LogP contribution in [0.3, 0.4) is 0 Å². The molecular weight excluding hydrogens is 383 g/mol. The van der Waals surface area contributed by atoms with Crippen molar-refractivity contribution in [3.63, 3.8) is 0 Å². The summed E-state index contributed by atoms with van der Waals surface area (Å²) in [5, 5.41) is 7.20. The number of benzene rings is 2. The number of carbonyl (C=O) groups is 1. The van der Waals surface area contributed by atoms with E-state index in [-0.39, 0.29) is 6.04 Å². The Bertz CT molecular complexity index is 984. The van der Waals surface area contributed by atoms with E-state index in [9.17, 15) is 18.0 Å². The summed E-state index contributed by atoms with van der Waals surface area (Å²) in [4.78, 5) is 11.4. The van der Waals surface area contributed by atoms with E-state index >= 15 is 0 Å². The summed E-state index contributed by atoms with van der Waals surface area (Å²) in [5.74, 6) is -1.52. The van der Waals surface area contributed by atoms with Crippen LogP contribution in [0.5, 0.6) is 5.75 Å². The van der Waals surface area contributed by atoms with Gasteiger partial charge in [-0.1, -0.05) is 30.3 Å². The highest BCUT2D eigenvalue weighted by Gasteiger charge is 2.40. The minimum atomic E-state index is -4.96. The normalized spacial score (nSPS) is 14.0. The minimum absolute atomic E-state index is 0.189. The Labute approximate surface area is 166 Å². The number of nitrogens with zero attached hydrogens (tertiary/aromatic N) is 2. The molecule has 3 aromatic rings. The van der Waals surface area contributed by atoms with Gasteiger partial charge in [-0.15, -0.1) is 0 Å². The SMILES string of the molecule is CC(NC(=O)C(F)(F)F)C(Oc1ccc2c(cnn2C(C)C)c1)c1ccccc1. The van der Waals surface area contributed by atoms with Crippen molar-refractivity contribution in [3.05, 3.63) is 60.3 Å². The van der Waals surface area contributed by atoms with Crippen molar-refractivity contribution in [1.82, 2.24) is 15.1 Å². The molecule has 1 heterocycles. The predicted molar refractivity (Wildman–Crippen MR) is 104 cm³/mol. The van der Waals surface area contributed by atoms with Crippen LogP contribution in [-0.4, -0.2) is 27.9 Å². The Kier molecular flexibility index (Phi) is 5.81. The lowest BCUT2D eigenvalue weighted by Crippen LogP contribution is -2.45. The predicted octanol–water partition coefficient (Wildman–Crippen LogP) is 4.80. The average molecular weight is 405 g/mol. The molecule has 0 fully saturated rings. The molecule has 2 unspecified atom stereocenters. The molecule has 5 nitrogen and oxygen atoms in total. The summed E-state index contributed by atoms with van der Waals surface area (Å²) < 4.78 is 46.0. The first-order valence-corrected chi connectivity index (χ1v) is 9.23. The zero-order chi connectivity index (χ0) is 21.2. The van der Waals surface area contributed by atoms with Gasteiger partial charge >= 0.3 is 12.1 Å².